The van der Waals surface area contributed by atoms with Gasteiger partial charge in [0.1, 0.15) is 0 Å². The first-order valence-electron chi connectivity index (χ1n) is 4.23. The summed E-state index contributed by atoms with van der Waals surface area (Å²) in [5, 5.41) is 9.15. The van der Waals surface area contributed by atoms with E-state index in [9.17, 15) is 4.79 Å². The SMILES string of the molecule is O=C(NC1CCOC1)c1cn[nH]c1. The van der Waals surface area contributed by atoms with Gasteiger partial charge in [0.25, 0.3) is 5.91 Å². The molecule has 1 fully saturated rings. The van der Waals surface area contributed by atoms with E-state index < -0.39 is 0 Å². The van der Waals surface area contributed by atoms with Gasteiger partial charge < -0.3 is 10.1 Å². The van der Waals surface area contributed by atoms with E-state index in [2.05, 4.69) is 15.5 Å². The molecule has 70 valence electrons. The van der Waals surface area contributed by atoms with Gasteiger partial charge in [0.05, 0.1) is 24.4 Å². The predicted molar refractivity (Wildman–Crippen MR) is 45.3 cm³/mol. The van der Waals surface area contributed by atoms with E-state index in [4.69, 9.17) is 4.74 Å². The van der Waals surface area contributed by atoms with Crippen molar-refractivity contribution in [1.82, 2.24) is 15.5 Å². The van der Waals surface area contributed by atoms with Crippen LogP contribution >= 0.6 is 0 Å². The minimum absolute atomic E-state index is 0.0933. The Morgan fingerprint density at radius 2 is 2.69 bits per heavy atom. The molecule has 5 heteroatoms. The third-order valence-electron chi connectivity index (χ3n) is 2.03. The largest absolute Gasteiger partial charge is 0.379 e. The molecule has 0 saturated carbocycles. The zero-order valence-corrected chi connectivity index (χ0v) is 7.12. The van der Waals surface area contributed by atoms with Crippen molar-refractivity contribution in [3.8, 4) is 0 Å². The fourth-order valence-corrected chi connectivity index (χ4v) is 1.29. The molecule has 1 unspecified atom stereocenters. The molecule has 0 aliphatic carbocycles. The third-order valence-corrected chi connectivity index (χ3v) is 2.03. The van der Waals surface area contributed by atoms with Crippen molar-refractivity contribution in [2.45, 2.75) is 12.5 Å². The lowest BCUT2D eigenvalue weighted by molar-refractivity contribution is 0.0930. The number of carbonyl (C=O) groups is 1. The van der Waals surface area contributed by atoms with Crippen LogP contribution in [0.4, 0.5) is 0 Å². The van der Waals surface area contributed by atoms with Crippen molar-refractivity contribution >= 4 is 5.91 Å². The fourth-order valence-electron chi connectivity index (χ4n) is 1.29. The lowest BCUT2D eigenvalue weighted by atomic mass is 10.2. The molecule has 1 atom stereocenters. The highest BCUT2D eigenvalue weighted by Crippen LogP contribution is 2.04. The summed E-state index contributed by atoms with van der Waals surface area (Å²) >= 11 is 0. The monoisotopic (exact) mass is 181 g/mol. The molecule has 2 rings (SSSR count). The van der Waals surface area contributed by atoms with Gasteiger partial charge in [0, 0.05) is 12.8 Å². The number of aromatic nitrogens is 2. The molecular weight excluding hydrogens is 170 g/mol. The molecule has 1 amide bonds. The second-order valence-corrected chi connectivity index (χ2v) is 3.02. The average molecular weight is 181 g/mol. The van der Waals surface area contributed by atoms with Gasteiger partial charge in [-0.05, 0) is 6.42 Å². The summed E-state index contributed by atoms with van der Waals surface area (Å²) in [6.07, 6.45) is 3.97. The van der Waals surface area contributed by atoms with E-state index in [1.807, 2.05) is 0 Å². The quantitative estimate of drug-likeness (QED) is 0.671. The number of rotatable bonds is 2. The molecule has 5 nitrogen and oxygen atoms in total. The minimum Gasteiger partial charge on any atom is -0.379 e. The zero-order valence-electron chi connectivity index (χ0n) is 7.12. The van der Waals surface area contributed by atoms with Crippen molar-refractivity contribution in [1.29, 1.82) is 0 Å². The molecule has 1 aromatic rings. The third kappa shape index (κ3) is 1.86. The molecule has 0 aromatic carbocycles. The van der Waals surface area contributed by atoms with Gasteiger partial charge in [-0.15, -0.1) is 0 Å². The summed E-state index contributed by atoms with van der Waals surface area (Å²) in [6.45, 7) is 1.35. The molecule has 13 heavy (non-hydrogen) atoms. The van der Waals surface area contributed by atoms with Crippen LogP contribution in [0.2, 0.25) is 0 Å². The van der Waals surface area contributed by atoms with Gasteiger partial charge in [0.15, 0.2) is 0 Å². The Hall–Kier alpha value is -1.36. The Morgan fingerprint density at radius 1 is 1.77 bits per heavy atom. The van der Waals surface area contributed by atoms with E-state index in [1.165, 1.54) is 6.20 Å². The minimum atomic E-state index is -0.0933. The highest BCUT2D eigenvalue weighted by molar-refractivity contribution is 5.93. The van der Waals surface area contributed by atoms with E-state index in [1.54, 1.807) is 6.20 Å². The van der Waals surface area contributed by atoms with E-state index in [-0.39, 0.29) is 11.9 Å². The van der Waals surface area contributed by atoms with E-state index in [0.717, 1.165) is 13.0 Å². The molecule has 2 N–H and O–H groups in total. The van der Waals surface area contributed by atoms with Crippen molar-refractivity contribution in [2.24, 2.45) is 0 Å². The molecule has 1 saturated heterocycles. The topological polar surface area (TPSA) is 67.0 Å². The van der Waals surface area contributed by atoms with Crippen molar-refractivity contribution in [3.05, 3.63) is 18.0 Å². The Morgan fingerprint density at radius 3 is 3.31 bits per heavy atom. The van der Waals surface area contributed by atoms with Crippen LogP contribution in [-0.4, -0.2) is 35.4 Å². The number of hydrogen-bond donors (Lipinski definition) is 2. The Kier molecular flexibility index (Phi) is 2.27. The maximum absolute atomic E-state index is 11.4. The van der Waals surface area contributed by atoms with Gasteiger partial charge in [-0.2, -0.15) is 5.10 Å². The summed E-state index contributed by atoms with van der Waals surface area (Å²) < 4.78 is 5.14. The number of carbonyl (C=O) groups excluding carboxylic acids is 1. The Balaban J connectivity index is 1.91. The molecular formula is C8H11N3O2. The number of nitrogens with zero attached hydrogens (tertiary/aromatic N) is 1. The summed E-state index contributed by atoms with van der Waals surface area (Å²) in [5.74, 6) is -0.0933. The van der Waals surface area contributed by atoms with Crippen LogP contribution in [0.25, 0.3) is 0 Å². The van der Waals surface area contributed by atoms with E-state index >= 15 is 0 Å². The summed E-state index contributed by atoms with van der Waals surface area (Å²) in [7, 11) is 0. The number of hydrogen-bond acceptors (Lipinski definition) is 3. The molecule has 0 bridgehead atoms. The highest BCUT2D eigenvalue weighted by Gasteiger charge is 2.18. The number of aromatic amines is 1. The van der Waals surface area contributed by atoms with Crippen molar-refractivity contribution < 1.29 is 9.53 Å². The average Bonchev–Trinajstić information content (AvgIpc) is 2.74. The predicted octanol–water partition coefficient (Wildman–Crippen LogP) is -0.0716. The summed E-state index contributed by atoms with van der Waals surface area (Å²) in [6, 6.07) is 0.155. The molecule has 0 spiro atoms. The maximum Gasteiger partial charge on any atom is 0.254 e. The second-order valence-electron chi connectivity index (χ2n) is 3.02. The van der Waals surface area contributed by atoms with Crippen molar-refractivity contribution in [2.75, 3.05) is 13.2 Å². The molecule has 1 aliphatic rings. The highest BCUT2D eigenvalue weighted by atomic mass is 16.5. The second kappa shape index (κ2) is 3.57. The van der Waals surface area contributed by atoms with Gasteiger partial charge in [-0.25, -0.2) is 0 Å². The fraction of sp³-hybridized carbons (Fsp3) is 0.500. The standard InChI is InChI=1S/C8H11N3O2/c12-8(6-3-9-10-4-6)11-7-1-2-13-5-7/h3-4,7H,1-2,5H2,(H,9,10)(H,11,12). The molecule has 0 radical (unpaired) electrons. The van der Waals surface area contributed by atoms with Gasteiger partial charge in [-0.3, -0.25) is 9.89 Å². The normalized spacial score (nSPS) is 21.7. The molecule has 1 aromatic heterocycles. The van der Waals surface area contributed by atoms with Crippen molar-refractivity contribution in [3.63, 3.8) is 0 Å². The Bertz CT molecular complexity index is 278. The van der Waals surface area contributed by atoms with Crippen LogP contribution in [0.3, 0.4) is 0 Å². The molecule has 2 heterocycles. The van der Waals surface area contributed by atoms with Crippen LogP contribution in [0.5, 0.6) is 0 Å². The number of H-pyrrole nitrogens is 1. The number of ether oxygens (including phenoxy) is 1. The number of amides is 1. The zero-order chi connectivity index (χ0) is 9.10. The van der Waals surface area contributed by atoms with Gasteiger partial charge >= 0.3 is 0 Å². The summed E-state index contributed by atoms with van der Waals surface area (Å²) in [4.78, 5) is 11.4. The Labute approximate surface area is 75.5 Å². The van der Waals surface area contributed by atoms with Gasteiger partial charge in [0.2, 0.25) is 0 Å². The summed E-state index contributed by atoms with van der Waals surface area (Å²) in [5.41, 5.74) is 0.562. The van der Waals surface area contributed by atoms with Crippen LogP contribution in [0, 0.1) is 0 Å². The smallest absolute Gasteiger partial charge is 0.254 e. The van der Waals surface area contributed by atoms with Crippen LogP contribution in [0.15, 0.2) is 12.4 Å². The van der Waals surface area contributed by atoms with Crippen LogP contribution in [-0.2, 0) is 4.74 Å². The maximum atomic E-state index is 11.4. The first-order valence-corrected chi connectivity index (χ1v) is 4.23. The number of nitrogens with one attached hydrogen (secondary N) is 2. The van der Waals surface area contributed by atoms with Gasteiger partial charge in [-0.1, -0.05) is 0 Å². The van der Waals surface area contributed by atoms with Crippen LogP contribution < -0.4 is 5.32 Å². The van der Waals surface area contributed by atoms with E-state index in [0.29, 0.717) is 12.2 Å². The first-order chi connectivity index (χ1) is 6.36. The lowest BCUT2D eigenvalue weighted by Crippen LogP contribution is -2.34. The lowest BCUT2D eigenvalue weighted by Gasteiger charge is -2.08. The molecule has 1 aliphatic heterocycles. The first kappa shape index (κ1) is 8.25. The van der Waals surface area contributed by atoms with Crippen LogP contribution in [0.1, 0.15) is 16.8 Å².